The molecule has 1 rings (SSSR count). The first-order valence-corrected chi connectivity index (χ1v) is 8.54. The summed E-state index contributed by atoms with van der Waals surface area (Å²) in [6.45, 7) is 4.57. The fraction of sp³-hybridized carbons (Fsp3) is 0.684. The molecule has 0 bridgehead atoms. The zero-order chi connectivity index (χ0) is 14.6. The van der Waals surface area contributed by atoms with E-state index < -0.39 is 0 Å². The van der Waals surface area contributed by atoms with Crippen LogP contribution in [0, 0.1) is 5.92 Å². The van der Waals surface area contributed by atoms with Gasteiger partial charge in [-0.1, -0.05) is 83.4 Å². The van der Waals surface area contributed by atoms with Crippen molar-refractivity contribution >= 4 is 0 Å². The van der Waals surface area contributed by atoms with Gasteiger partial charge in [-0.2, -0.15) is 0 Å². The highest BCUT2D eigenvalue weighted by atomic mass is 16.3. The number of unbranched alkanes of at least 4 members (excludes halogenated alkanes) is 3. The van der Waals surface area contributed by atoms with Crippen molar-refractivity contribution in [1.82, 2.24) is 0 Å². The Hall–Kier alpha value is -0.980. The van der Waals surface area contributed by atoms with Crippen molar-refractivity contribution in [1.29, 1.82) is 0 Å². The quantitative estimate of drug-likeness (QED) is 0.484. The van der Waals surface area contributed by atoms with Crippen LogP contribution in [0.5, 0.6) is 5.75 Å². The van der Waals surface area contributed by atoms with Crippen LogP contribution in [0.15, 0.2) is 24.3 Å². The van der Waals surface area contributed by atoms with E-state index in [4.69, 9.17) is 0 Å². The lowest BCUT2D eigenvalue weighted by Gasteiger charge is -2.16. The van der Waals surface area contributed by atoms with E-state index in [1.807, 2.05) is 18.2 Å². The summed E-state index contributed by atoms with van der Waals surface area (Å²) in [5.74, 6) is 1.39. The number of phenols is 1. The molecule has 1 aromatic carbocycles. The van der Waals surface area contributed by atoms with E-state index in [-0.39, 0.29) is 0 Å². The second-order valence-electron chi connectivity index (χ2n) is 6.02. The van der Waals surface area contributed by atoms with Crippen LogP contribution in [-0.4, -0.2) is 5.11 Å². The van der Waals surface area contributed by atoms with E-state index in [1.165, 1.54) is 57.8 Å². The van der Waals surface area contributed by atoms with Gasteiger partial charge in [0.15, 0.2) is 0 Å². The molecule has 1 nitrogen and oxygen atoms in total. The van der Waals surface area contributed by atoms with Crippen molar-refractivity contribution in [3.8, 4) is 5.75 Å². The maximum Gasteiger partial charge on any atom is 0.118 e. The first kappa shape index (κ1) is 17.1. The highest BCUT2D eigenvalue weighted by Crippen LogP contribution is 2.24. The minimum Gasteiger partial charge on any atom is -0.508 e. The van der Waals surface area contributed by atoms with Gasteiger partial charge in [0.05, 0.1) is 0 Å². The van der Waals surface area contributed by atoms with E-state index in [2.05, 4.69) is 13.8 Å². The first-order valence-electron chi connectivity index (χ1n) is 8.54. The smallest absolute Gasteiger partial charge is 0.118 e. The Morgan fingerprint density at radius 3 is 2.05 bits per heavy atom. The molecular formula is C19H32O. The van der Waals surface area contributed by atoms with Crippen molar-refractivity contribution in [3.05, 3.63) is 29.8 Å². The van der Waals surface area contributed by atoms with Gasteiger partial charge in [0.1, 0.15) is 5.75 Å². The molecule has 0 fully saturated rings. The van der Waals surface area contributed by atoms with Gasteiger partial charge in [-0.15, -0.1) is 0 Å². The molecule has 0 atom stereocenters. The van der Waals surface area contributed by atoms with E-state index in [1.54, 1.807) is 6.07 Å². The summed E-state index contributed by atoms with van der Waals surface area (Å²) in [4.78, 5) is 0. The Morgan fingerprint density at radius 1 is 0.850 bits per heavy atom. The van der Waals surface area contributed by atoms with E-state index in [0.29, 0.717) is 5.75 Å². The van der Waals surface area contributed by atoms with Gasteiger partial charge in [-0.3, -0.25) is 0 Å². The first-order chi connectivity index (χ1) is 9.77. The van der Waals surface area contributed by atoms with Gasteiger partial charge in [-0.05, 0) is 30.4 Å². The van der Waals surface area contributed by atoms with Gasteiger partial charge in [0, 0.05) is 0 Å². The average Bonchev–Trinajstić information content (AvgIpc) is 2.47. The van der Waals surface area contributed by atoms with Gasteiger partial charge >= 0.3 is 0 Å². The third-order valence-electron chi connectivity index (χ3n) is 4.23. The molecule has 0 aliphatic rings. The summed E-state index contributed by atoms with van der Waals surface area (Å²) in [7, 11) is 0. The molecule has 1 heteroatoms. The molecule has 1 N–H and O–H groups in total. The lowest BCUT2D eigenvalue weighted by Crippen LogP contribution is -2.01. The molecular weight excluding hydrogens is 244 g/mol. The van der Waals surface area contributed by atoms with E-state index in [9.17, 15) is 5.11 Å². The molecule has 0 aromatic heterocycles. The molecule has 20 heavy (non-hydrogen) atoms. The molecule has 0 radical (unpaired) electrons. The highest BCUT2D eigenvalue weighted by Gasteiger charge is 2.08. The monoisotopic (exact) mass is 276 g/mol. The van der Waals surface area contributed by atoms with Crippen molar-refractivity contribution in [2.24, 2.45) is 5.92 Å². The Kier molecular flexibility index (Phi) is 9.19. The third-order valence-corrected chi connectivity index (χ3v) is 4.23. The van der Waals surface area contributed by atoms with Gasteiger partial charge < -0.3 is 5.11 Å². The highest BCUT2D eigenvalue weighted by molar-refractivity contribution is 5.31. The SMILES string of the molecule is CCCCC(CCCC)CCCCc1ccccc1O. The second-order valence-corrected chi connectivity index (χ2v) is 6.02. The number of para-hydroxylation sites is 1. The Bertz CT molecular complexity index is 337. The Labute approximate surface area is 125 Å². The third kappa shape index (κ3) is 6.98. The lowest BCUT2D eigenvalue weighted by atomic mass is 9.90. The number of benzene rings is 1. The minimum absolute atomic E-state index is 0.459. The predicted octanol–water partition coefficient (Wildman–Crippen LogP) is 6.10. The average molecular weight is 276 g/mol. The number of hydrogen-bond donors (Lipinski definition) is 1. The van der Waals surface area contributed by atoms with Crippen LogP contribution in [-0.2, 0) is 6.42 Å². The van der Waals surface area contributed by atoms with Crippen LogP contribution in [0.4, 0.5) is 0 Å². The summed E-state index contributed by atoms with van der Waals surface area (Å²) < 4.78 is 0. The zero-order valence-electron chi connectivity index (χ0n) is 13.4. The van der Waals surface area contributed by atoms with Crippen molar-refractivity contribution in [3.63, 3.8) is 0 Å². The summed E-state index contributed by atoms with van der Waals surface area (Å²) in [5, 5.41) is 9.75. The second kappa shape index (κ2) is 10.8. The van der Waals surface area contributed by atoms with E-state index >= 15 is 0 Å². The molecule has 0 spiro atoms. The Morgan fingerprint density at radius 2 is 1.45 bits per heavy atom. The van der Waals surface area contributed by atoms with Crippen LogP contribution in [0.3, 0.4) is 0 Å². The Balaban J connectivity index is 2.23. The van der Waals surface area contributed by atoms with Crippen molar-refractivity contribution < 1.29 is 5.11 Å². The summed E-state index contributed by atoms with van der Waals surface area (Å²) in [6.07, 6.45) is 13.1. The van der Waals surface area contributed by atoms with Gasteiger partial charge in [-0.25, -0.2) is 0 Å². The maximum absolute atomic E-state index is 9.75. The lowest BCUT2D eigenvalue weighted by molar-refractivity contribution is 0.379. The standard InChI is InChI=1S/C19H32O/c1-3-5-11-17(12-6-4-2)13-7-8-14-18-15-9-10-16-19(18)20/h9-10,15-17,20H,3-8,11-14H2,1-2H3. The summed E-state index contributed by atoms with van der Waals surface area (Å²) in [6, 6.07) is 7.74. The van der Waals surface area contributed by atoms with Gasteiger partial charge in [0.2, 0.25) is 0 Å². The van der Waals surface area contributed by atoms with Crippen molar-refractivity contribution in [2.45, 2.75) is 78.1 Å². The number of rotatable bonds is 11. The molecule has 114 valence electrons. The summed E-state index contributed by atoms with van der Waals surface area (Å²) in [5.41, 5.74) is 1.10. The van der Waals surface area contributed by atoms with Crippen LogP contribution >= 0.6 is 0 Å². The van der Waals surface area contributed by atoms with Crippen LogP contribution in [0.2, 0.25) is 0 Å². The predicted molar refractivity (Wildman–Crippen MR) is 88.2 cm³/mol. The maximum atomic E-state index is 9.75. The normalized spacial score (nSPS) is 11.2. The molecule has 0 saturated carbocycles. The molecule has 0 unspecified atom stereocenters. The fourth-order valence-electron chi connectivity index (χ4n) is 2.89. The zero-order valence-corrected chi connectivity index (χ0v) is 13.4. The molecule has 0 saturated heterocycles. The van der Waals surface area contributed by atoms with Gasteiger partial charge in [0.25, 0.3) is 0 Å². The summed E-state index contributed by atoms with van der Waals surface area (Å²) >= 11 is 0. The van der Waals surface area contributed by atoms with Crippen LogP contribution in [0.1, 0.15) is 77.2 Å². The molecule has 0 aliphatic heterocycles. The number of hydrogen-bond acceptors (Lipinski definition) is 1. The van der Waals surface area contributed by atoms with Crippen LogP contribution < -0.4 is 0 Å². The topological polar surface area (TPSA) is 20.2 Å². The van der Waals surface area contributed by atoms with Crippen LogP contribution in [0.25, 0.3) is 0 Å². The van der Waals surface area contributed by atoms with E-state index in [0.717, 1.165) is 17.9 Å². The molecule has 0 heterocycles. The number of aromatic hydroxyl groups is 1. The minimum atomic E-state index is 0.459. The number of aryl methyl sites for hydroxylation is 1. The molecule has 0 aliphatic carbocycles. The molecule has 0 amide bonds. The largest absolute Gasteiger partial charge is 0.508 e. The van der Waals surface area contributed by atoms with Crippen molar-refractivity contribution in [2.75, 3.05) is 0 Å². The molecule has 1 aromatic rings. The fourth-order valence-corrected chi connectivity index (χ4v) is 2.89. The number of phenolic OH excluding ortho intramolecular Hbond substituents is 1.